The molecule has 1 saturated carbocycles. The molecule has 1 aliphatic heterocycles. The minimum atomic E-state index is 0.0118. The predicted molar refractivity (Wildman–Crippen MR) is 100 cm³/mol. The van der Waals surface area contributed by atoms with E-state index in [1.807, 2.05) is 26.0 Å². The van der Waals surface area contributed by atoms with Crippen molar-refractivity contribution < 1.29 is 4.79 Å². The molecule has 3 heterocycles. The molecule has 2 aliphatic rings. The van der Waals surface area contributed by atoms with E-state index in [4.69, 9.17) is 0 Å². The predicted octanol–water partition coefficient (Wildman–Crippen LogP) is 1.56. The van der Waals surface area contributed by atoms with Crippen LogP contribution in [-0.4, -0.2) is 67.6 Å². The minimum Gasteiger partial charge on any atom is -0.338 e. The summed E-state index contributed by atoms with van der Waals surface area (Å²) in [6.07, 6.45) is 7.68. The fraction of sp³-hybridized carbons (Fsp3) is 0.632. The summed E-state index contributed by atoms with van der Waals surface area (Å²) in [6, 6.07) is 0. The molecule has 0 radical (unpaired) electrons. The molecule has 0 bridgehead atoms. The molecule has 1 aliphatic carbocycles. The van der Waals surface area contributed by atoms with E-state index < -0.39 is 0 Å². The van der Waals surface area contributed by atoms with Gasteiger partial charge in [-0.1, -0.05) is 0 Å². The van der Waals surface area contributed by atoms with E-state index in [-0.39, 0.29) is 11.8 Å². The van der Waals surface area contributed by atoms with Gasteiger partial charge < -0.3 is 14.4 Å². The van der Waals surface area contributed by atoms with Gasteiger partial charge in [-0.05, 0) is 39.8 Å². The first-order chi connectivity index (χ1) is 13.0. The average molecular weight is 369 g/mol. The van der Waals surface area contributed by atoms with Gasteiger partial charge in [0.2, 0.25) is 0 Å². The number of carbonyl (C=O) groups is 1. The van der Waals surface area contributed by atoms with Crippen LogP contribution >= 0.6 is 0 Å². The fourth-order valence-corrected chi connectivity index (χ4v) is 3.71. The Morgan fingerprint density at radius 1 is 1.15 bits per heavy atom. The lowest BCUT2D eigenvalue weighted by molar-refractivity contribution is 0.0702. The number of aromatic nitrogens is 5. The van der Waals surface area contributed by atoms with E-state index in [0.717, 1.165) is 56.2 Å². The highest BCUT2D eigenvalue weighted by Gasteiger charge is 2.30. The maximum atomic E-state index is 12.9. The summed E-state index contributed by atoms with van der Waals surface area (Å²) in [6.45, 7) is 2.18. The highest BCUT2D eigenvalue weighted by molar-refractivity contribution is 5.93. The summed E-state index contributed by atoms with van der Waals surface area (Å²) in [5.74, 6) is 3.50. The zero-order valence-electron chi connectivity index (χ0n) is 16.3. The molecule has 0 N–H and O–H groups in total. The first kappa shape index (κ1) is 18.0. The van der Waals surface area contributed by atoms with Crippen molar-refractivity contribution in [2.75, 3.05) is 27.2 Å². The third-order valence-corrected chi connectivity index (χ3v) is 5.39. The monoisotopic (exact) mass is 369 g/mol. The van der Waals surface area contributed by atoms with Crippen molar-refractivity contribution in [3.05, 3.63) is 35.4 Å². The third kappa shape index (κ3) is 3.85. The average Bonchev–Trinajstić information content (AvgIpc) is 3.46. The lowest BCUT2D eigenvalue weighted by Gasteiger charge is -2.32. The van der Waals surface area contributed by atoms with E-state index in [9.17, 15) is 4.79 Å². The van der Waals surface area contributed by atoms with Crippen LogP contribution in [-0.2, 0) is 13.6 Å². The molecule has 144 valence electrons. The number of hydrogen-bond donors (Lipinski definition) is 0. The maximum absolute atomic E-state index is 12.9. The minimum absolute atomic E-state index is 0.0118. The molecule has 2 aromatic rings. The van der Waals surface area contributed by atoms with Gasteiger partial charge >= 0.3 is 0 Å². The lowest BCUT2D eigenvalue weighted by Crippen LogP contribution is -2.39. The van der Waals surface area contributed by atoms with Crippen LogP contribution in [0.2, 0.25) is 0 Å². The summed E-state index contributed by atoms with van der Waals surface area (Å²) in [5.41, 5.74) is 0.575. The van der Waals surface area contributed by atoms with Gasteiger partial charge in [0.1, 0.15) is 17.5 Å². The maximum Gasteiger partial charge on any atom is 0.257 e. The Labute approximate surface area is 159 Å². The van der Waals surface area contributed by atoms with E-state index in [1.165, 1.54) is 0 Å². The molecule has 1 atom stereocenters. The molecule has 8 nitrogen and oxygen atoms in total. The van der Waals surface area contributed by atoms with Crippen LogP contribution in [0.1, 0.15) is 65.4 Å². The number of amides is 1. The summed E-state index contributed by atoms with van der Waals surface area (Å²) in [7, 11) is 6.05. The van der Waals surface area contributed by atoms with Gasteiger partial charge in [-0.25, -0.2) is 9.97 Å². The Balaban J connectivity index is 1.46. The summed E-state index contributed by atoms with van der Waals surface area (Å²) >= 11 is 0. The van der Waals surface area contributed by atoms with Crippen molar-refractivity contribution >= 4 is 5.91 Å². The molecule has 8 heteroatoms. The van der Waals surface area contributed by atoms with Crippen LogP contribution in [0.3, 0.4) is 0 Å². The van der Waals surface area contributed by atoms with Crippen molar-refractivity contribution in [2.45, 2.75) is 44.1 Å². The van der Waals surface area contributed by atoms with E-state index in [2.05, 4.69) is 29.6 Å². The molecule has 1 amide bonds. The first-order valence-electron chi connectivity index (χ1n) is 9.67. The molecular weight excluding hydrogens is 342 g/mol. The highest BCUT2D eigenvalue weighted by atomic mass is 16.2. The molecule has 27 heavy (non-hydrogen) atoms. The second-order valence-electron chi connectivity index (χ2n) is 7.97. The van der Waals surface area contributed by atoms with Crippen molar-refractivity contribution in [1.29, 1.82) is 0 Å². The van der Waals surface area contributed by atoms with Crippen LogP contribution in [0, 0.1) is 0 Å². The second kappa shape index (κ2) is 7.34. The number of hydrogen-bond acceptors (Lipinski definition) is 6. The van der Waals surface area contributed by atoms with Gasteiger partial charge in [-0.3, -0.25) is 4.79 Å². The highest BCUT2D eigenvalue weighted by Crippen LogP contribution is 2.37. The molecule has 2 aromatic heterocycles. The molecule has 4 rings (SSSR count). The number of carbonyl (C=O) groups excluding carboxylic acids is 1. The van der Waals surface area contributed by atoms with E-state index in [0.29, 0.717) is 18.0 Å². The fourth-order valence-electron chi connectivity index (χ4n) is 3.71. The van der Waals surface area contributed by atoms with Gasteiger partial charge in [0.25, 0.3) is 5.91 Å². The molecule has 0 spiro atoms. The zero-order valence-corrected chi connectivity index (χ0v) is 16.3. The molecule has 1 saturated heterocycles. The van der Waals surface area contributed by atoms with Crippen molar-refractivity contribution in [2.24, 2.45) is 7.05 Å². The summed E-state index contributed by atoms with van der Waals surface area (Å²) in [5, 5.41) is 8.76. The van der Waals surface area contributed by atoms with Gasteiger partial charge in [0.15, 0.2) is 0 Å². The van der Waals surface area contributed by atoms with Gasteiger partial charge in [-0.2, -0.15) is 0 Å². The topological polar surface area (TPSA) is 80.0 Å². The Morgan fingerprint density at radius 3 is 2.56 bits per heavy atom. The molecular formula is C19H27N7O. The largest absolute Gasteiger partial charge is 0.338 e. The van der Waals surface area contributed by atoms with Crippen LogP contribution in [0.4, 0.5) is 0 Å². The smallest absolute Gasteiger partial charge is 0.257 e. The Hall–Kier alpha value is -2.35. The number of likely N-dealkylation sites (tertiary alicyclic amines) is 1. The Morgan fingerprint density at radius 2 is 1.89 bits per heavy atom. The Bertz CT molecular complexity index is 810. The molecule has 0 aromatic carbocycles. The van der Waals surface area contributed by atoms with Crippen LogP contribution in [0.25, 0.3) is 0 Å². The lowest BCUT2D eigenvalue weighted by atomic mass is 9.96. The van der Waals surface area contributed by atoms with Crippen molar-refractivity contribution in [1.82, 2.24) is 34.5 Å². The standard InChI is InChI=1S/C19H27N7O/c1-24(2)12-16-22-23-18(25(16)3)14-5-4-8-26(11-14)19(27)15-9-20-17(21-10-15)13-6-7-13/h9-10,13-14H,4-8,11-12H2,1-3H3/t14-/m0/s1. The number of piperidine rings is 1. The second-order valence-corrected chi connectivity index (χ2v) is 7.97. The van der Waals surface area contributed by atoms with Crippen LogP contribution in [0.15, 0.2) is 12.4 Å². The van der Waals surface area contributed by atoms with Crippen LogP contribution < -0.4 is 0 Å². The normalized spacial score (nSPS) is 20.3. The Kier molecular flexibility index (Phi) is 4.90. The van der Waals surface area contributed by atoms with Gasteiger partial charge in [0.05, 0.1) is 12.1 Å². The SMILES string of the molecule is CN(C)Cc1nnc([C@H]2CCCN(C(=O)c3cnc(C4CC4)nc3)C2)n1C. The van der Waals surface area contributed by atoms with E-state index in [1.54, 1.807) is 12.4 Å². The number of rotatable bonds is 5. The van der Waals surface area contributed by atoms with Crippen LogP contribution in [0.5, 0.6) is 0 Å². The zero-order chi connectivity index (χ0) is 19.0. The molecule has 2 fully saturated rings. The van der Waals surface area contributed by atoms with Gasteiger partial charge in [0, 0.05) is 44.4 Å². The third-order valence-electron chi connectivity index (χ3n) is 5.39. The quantitative estimate of drug-likeness (QED) is 0.796. The van der Waals surface area contributed by atoms with E-state index >= 15 is 0 Å². The summed E-state index contributed by atoms with van der Waals surface area (Å²) in [4.78, 5) is 25.7. The molecule has 0 unspecified atom stereocenters. The van der Waals surface area contributed by atoms with Crippen molar-refractivity contribution in [3.63, 3.8) is 0 Å². The number of nitrogens with zero attached hydrogens (tertiary/aromatic N) is 7. The first-order valence-corrected chi connectivity index (χ1v) is 9.67. The van der Waals surface area contributed by atoms with Crippen molar-refractivity contribution in [3.8, 4) is 0 Å². The summed E-state index contributed by atoms with van der Waals surface area (Å²) < 4.78 is 2.08. The van der Waals surface area contributed by atoms with Gasteiger partial charge in [-0.15, -0.1) is 10.2 Å².